The number of benzene rings is 1. The van der Waals surface area contributed by atoms with Gasteiger partial charge in [0.05, 0.1) is 22.0 Å². The number of carbonyl (C=O) groups excluding carboxylic acids is 1. The van der Waals surface area contributed by atoms with Gasteiger partial charge in [0.2, 0.25) is 0 Å². The summed E-state index contributed by atoms with van der Waals surface area (Å²) in [6.07, 6.45) is 0. The van der Waals surface area contributed by atoms with Crippen molar-refractivity contribution in [2.75, 3.05) is 6.54 Å². The van der Waals surface area contributed by atoms with E-state index in [-0.39, 0.29) is 5.91 Å². The Morgan fingerprint density at radius 2 is 1.80 bits per heavy atom. The predicted molar refractivity (Wildman–Crippen MR) is 121 cm³/mol. The Balaban J connectivity index is 1.68. The molecule has 7 heteroatoms. The molecule has 0 aliphatic rings. The number of rotatable bonds is 6. The van der Waals surface area contributed by atoms with E-state index in [4.69, 9.17) is 0 Å². The summed E-state index contributed by atoms with van der Waals surface area (Å²) in [6, 6.07) is 12.0. The zero-order valence-electron chi connectivity index (χ0n) is 18.1. The van der Waals surface area contributed by atoms with Crippen molar-refractivity contribution in [3.8, 4) is 5.69 Å². The van der Waals surface area contributed by atoms with E-state index >= 15 is 0 Å². The number of para-hydroxylation sites is 1. The summed E-state index contributed by atoms with van der Waals surface area (Å²) in [5, 5.41) is 10.3. The maximum Gasteiger partial charge on any atom is 0.264 e. The number of fused-ring (bicyclic) bond motifs is 1. The highest BCUT2D eigenvalue weighted by Crippen LogP contribution is 2.31. The van der Waals surface area contributed by atoms with Crippen molar-refractivity contribution in [3.63, 3.8) is 0 Å². The van der Waals surface area contributed by atoms with Crippen LogP contribution in [0.1, 0.15) is 46.2 Å². The van der Waals surface area contributed by atoms with E-state index in [0.717, 1.165) is 50.0 Å². The molecule has 0 saturated heterocycles. The van der Waals surface area contributed by atoms with Gasteiger partial charge in [0.15, 0.2) is 0 Å². The van der Waals surface area contributed by atoms with E-state index in [1.54, 1.807) is 0 Å². The molecule has 1 aromatic carbocycles. The van der Waals surface area contributed by atoms with Crippen LogP contribution in [0.3, 0.4) is 0 Å². The largest absolute Gasteiger partial charge is 0.334 e. The van der Waals surface area contributed by atoms with E-state index in [0.29, 0.717) is 13.1 Å². The average Bonchev–Trinajstić information content (AvgIpc) is 3.40. The van der Waals surface area contributed by atoms with Gasteiger partial charge in [0, 0.05) is 36.3 Å². The first-order valence-electron chi connectivity index (χ1n) is 10.3. The monoisotopic (exact) mass is 421 g/mol. The van der Waals surface area contributed by atoms with Gasteiger partial charge in [-0.05, 0) is 52.8 Å². The van der Waals surface area contributed by atoms with Gasteiger partial charge in [-0.25, -0.2) is 4.68 Å². The molecule has 0 unspecified atom stereocenters. The molecule has 30 heavy (non-hydrogen) atoms. The third-order valence-electron chi connectivity index (χ3n) is 5.60. The number of nitrogens with zero attached hydrogens (tertiary/aromatic N) is 5. The zero-order valence-corrected chi connectivity index (χ0v) is 19.0. The maximum atomic E-state index is 13.4. The van der Waals surface area contributed by atoms with Crippen LogP contribution >= 0.6 is 11.3 Å². The van der Waals surface area contributed by atoms with Crippen LogP contribution in [0.25, 0.3) is 15.9 Å². The molecule has 0 aliphatic carbocycles. The Morgan fingerprint density at radius 3 is 2.43 bits per heavy atom. The first-order chi connectivity index (χ1) is 14.4. The molecule has 3 aromatic heterocycles. The summed E-state index contributed by atoms with van der Waals surface area (Å²) >= 11 is 1.51. The van der Waals surface area contributed by atoms with Crippen molar-refractivity contribution in [2.24, 2.45) is 0 Å². The average molecular weight is 422 g/mol. The van der Waals surface area contributed by atoms with Gasteiger partial charge in [-0.3, -0.25) is 9.48 Å². The van der Waals surface area contributed by atoms with Crippen LogP contribution in [0.15, 0.2) is 36.4 Å². The van der Waals surface area contributed by atoms with Gasteiger partial charge < -0.3 is 4.90 Å². The van der Waals surface area contributed by atoms with Crippen LogP contribution in [0.4, 0.5) is 0 Å². The number of hydrogen-bond acceptors (Lipinski definition) is 4. The van der Waals surface area contributed by atoms with Crippen molar-refractivity contribution in [1.29, 1.82) is 0 Å². The lowest BCUT2D eigenvalue weighted by Crippen LogP contribution is -2.30. The number of carbonyl (C=O) groups is 1. The summed E-state index contributed by atoms with van der Waals surface area (Å²) in [5.74, 6) is 0.0563. The Bertz CT molecular complexity index is 1200. The van der Waals surface area contributed by atoms with Crippen LogP contribution < -0.4 is 0 Å². The molecular formula is C23H27N5OS. The lowest BCUT2D eigenvalue weighted by atomic mass is 10.1. The number of hydrogen-bond donors (Lipinski definition) is 0. The lowest BCUT2D eigenvalue weighted by Gasteiger charge is -2.20. The minimum atomic E-state index is 0.0563. The number of aromatic nitrogens is 4. The third kappa shape index (κ3) is 3.43. The molecule has 156 valence electrons. The lowest BCUT2D eigenvalue weighted by molar-refractivity contribution is 0.0757. The zero-order chi connectivity index (χ0) is 21.4. The van der Waals surface area contributed by atoms with Gasteiger partial charge in [0.25, 0.3) is 5.91 Å². The van der Waals surface area contributed by atoms with Crippen LogP contribution in [-0.4, -0.2) is 36.9 Å². The second kappa shape index (κ2) is 8.07. The molecule has 0 fully saturated rings. The Morgan fingerprint density at radius 1 is 1.07 bits per heavy atom. The highest BCUT2D eigenvalue weighted by molar-refractivity contribution is 7.20. The van der Waals surface area contributed by atoms with Gasteiger partial charge in [-0.15, -0.1) is 11.3 Å². The topological polar surface area (TPSA) is 56.0 Å². The standard InChI is InChI=1S/C23H27N5OS/c1-6-26(14-20-16(4)24-27(7-2)17(20)5)22(29)21-13-19-15(3)25-28(23(19)30-21)18-11-9-8-10-12-18/h8-13H,6-7,14H2,1-5H3. The van der Waals surface area contributed by atoms with E-state index < -0.39 is 0 Å². The van der Waals surface area contributed by atoms with Crippen molar-refractivity contribution < 1.29 is 4.79 Å². The van der Waals surface area contributed by atoms with Crippen molar-refractivity contribution >= 4 is 27.5 Å². The van der Waals surface area contributed by atoms with E-state index in [9.17, 15) is 4.79 Å². The number of thiophene rings is 1. The van der Waals surface area contributed by atoms with Crippen molar-refractivity contribution in [2.45, 2.75) is 47.7 Å². The van der Waals surface area contributed by atoms with Crippen LogP contribution in [-0.2, 0) is 13.1 Å². The molecule has 0 saturated carbocycles. The molecule has 4 aromatic rings. The predicted octanol–water partition coefficient (Wildman–Crippen LogP) is 4.89. The molecule has 6 nitrogen and oxygen atoms in total. The fourth-order valence-corrected chi connectivity index (χ4v) is 4.99. The van der Waals surface area contributed by atoms with E-state index in [1.165, 1.54) is 11.3 Å². The number of amides is 1. The number of aryl methyl sites for hydroxylation is 3. The van der Waals surface area contributed by atoms with Gasteiger partial charge in [-0.1, -0.05) is 18.2 Å². The second-order valence-corrected chi connectivity index (χ2v) is 8.48. The van der Waals surface area contributed by atoms with Gasteiger partial charge in [-0.2, -0.15) is 10.2 Å². The summed E-state index contributed by atoms with van der Waals surface area (Å²) in [7, 11) is 0. The molecule has 4 rings (SSSR count). The minimum Gasteiger partial charge on any atom is -0.334 e. The summed E-state index contributed by atoms with van der Waals surface area (Å²) < 4.78 is 3.93. The molecular weight excluding hydrogens is 394 g/mol. The molecule has 0 spiro atoms. The van der Waals surface area contributed by atoms with E-state index in [2.05, 4.69) is 24.0 Å². The molecule has 1 amide bonds. The van der Waals surface area contributed by atoms with Gasteiger partial charge in [0.1, 0.15) is 4.83 Å². The van der Waals surface area contributed by atoms with E-state index in [1.807, 2.05) is 71.4 Å². The normalized spacial score (nSPS) is 11.4. The molecule has 3 heterocycles. The van der Waals surface area contributed by atoms with Crippen LogP contribution in [0.2, 0.25) is 0 Å². The first kappa shape index (κ1) is 20.3. The van der Waals surface area contributed by atoms with Crippen molar-refractivity contribution in [1.82, 2.24) is 24.5 Å². The molecule has 0 aliphatic heterocycles. The smallest absolute Gasteiger partial charge is 0.264 e. The third-order valence-corrected chi connectivity index (χ3v) is 6.70. The highest BCUT2D eigenvalue weighted by atomic mass is 32.1. The van der Waals surface area contributed by atoms with Crippen LogP contribution in [0, 0.1) is 20.8 Å². The maximum absolute atomic E-state index is 13.4. The Labute approximate surface area is 180 Å². The fourth-order valence-electron chi connectivity index (χ4n) is 3.84. The highest BCUT2D eigenvalue weighted by Gasteiger charge is 2.23. The van der Waals surface area contributed by atoms with Crippen LogP contribution in [0.5, 0.6) is 0 Å². The first-order valence-corrected chi connectivity index (χ1v) is 11.1. The summed E-state index contributed by atoms with van der Waals surface area (Å²) in [6.45, 7) is 12.2. The molecule has 0 radical (unpaired) electrons. The second-order valence-electron chi connectivity index (χ2n) is 7.45. The van der Waals surface area contributed by atoms with Crippen molar-refractivity contribution in [3.05, 3.63) is 63.9 Å². The Kier molecular flexibility index (Phi) is 5.47. The molecule has 0 bridgehead atoms. The fraction of sp³-hybridized carbons (Fsp3) is 0.348. The van der Waals surface area contributed by atoms with Gasteiger partial charge >= 0.3 is 0 Å². The SMILES string of the molecule is CCN(Cc1c(C)nn(CC)c1C)C(=O)c1cc2c(C)nn(-c3ccccc3)c2s1. The minimum absolute atomic E-state index is 0.0563. The Hall–Kier alpha value is -2.93. The quantitative estimate of drug-likeness (QED) is 0.445. The molecule has 0 N–H and O–H groups in total. The summed E-state index contributed by atoms with van der Waals surface area (Å²) in [5.41, 5.74) is 5.20. The summed E-state index contributed by atoms with van der Waals surface area (Å²) in [4.78, 5) is 17.0. The molecule has 0 atom stereocenters.